The summed E-state index contributed by atoms with van der Waals surface area (Å²) in [5, 5.41) is 6.71. The van der Waals surface area contributed by atoms with Crippen LogP contribution in [-0.4, -0.2) is 58.3 Å². The molecule has 0 radical (unpaired) electrons. The lowest BCUT2D eigenvalue weighted by Gasteiger charge is -2.22. The first-order chi connectivity index (χ1) is 12.9. The molecule has 2 fully saturated rings. The van der Waals surface area contributed by atoms with Gasteiger partial charge in [-0.2, -0.15) is 0 Å². The Bertz CT molecular complexity index is 789. The van der Waals surface area contributed by atoms with Crippen LogP contribution in [0, 0.1) is 12.8 Å². The van der Waals surface area contributed by atoms with Gasteiger partial charge < -0.3 is 10.6 Å². The smallest absolute Gasteiger partial charge is 0.191 e. The molecule has 0 heterocycles. The van der Waals surface area contributed by atoms with Gasteiger partial charge in [-0.3, -0.25) is 9.89 Å². The molecule has 158 valence electrons. The van der Waals surface area contributed by atoms with E-state index in [1.54, 1.807) is 13.1 Å². The molecule has 0 amide bonds. The fourth-order valence-corrected chi connectivity index (χ4v) is 4.42. The maximum Gasteiger partial charge on any atom is 0.191 e. The number of sulfone groups is 1. The van der Waals surface area contributed by atoms with E-state index in [4.69, 9.17) is 0 Å². The van der Waals surface area contributed by atoms with Gasteiger partial charge in [0.15, 0.2) is 15.8 Å². The molecule has 8 heteroatoms. The number of aliphatic imine (C=N–C) groups is 1. The van der Waals surface area contributed by atoms with E-state index >= 15 is 0 Å². The van der Waals surface area contributed by atoms with E-state index in [-0.39, 0.29) is 24.0 Å². The van der Waals surface area contributed by atoms with Gasteiger partial charge in [-0.05, 0) is 55.7 Å². The largest absolute Gasteiger partial charge is 0.355 e. The van der Waals surface area contributed by atoms with Gasteiger partial charge in [0.1, 0.15) is 0 Å². The molecule has 0 aromatic heterocycles. The third-order valence-corrected chi connectivity index (χ3v) is 6.52. The van der Waals surface area contributed by atoms with Crippen molar-refractivity contribution in [1.29, 1.82) is 0 Å². The Morgan fingerprint density at radius 3 is 2.46 bits per heavy atom. The lowest BCUT2D eigenvalue weighted by molar-refractivity contribution is 0.256. The molecule has 0 unspecified atom stereocenters. The van der Waals surface area contributed by atoms with Gasteiger partial charge in [0.2, 0.25) is 0 Å². The van der Waals surface area contributed by atoms with Crippen molar-refractivity contribution >= 4 is 39.8 Å². The fourth-order valence-electron chi connectivity index (χ4n) is 3.46. The van der Waals surface area contributed by atoms with Crippen molar-refractivity contribution in [2.75, 3.05) is 32.9 Å². The number of rotatable bonds is 9. The molecule has 1 aromatic carbocycles. The Morgan fingerprint density at radius 2 is 1.93 bits per heavy atom. The molecular formula is C20H33IN4O2S. The van der Waals surface area contributed by atoms with Crippen LogP contribution in [0.15, 0.2) is 28.1 Å². The number of nitrogens with one attached hydrogen (secondary N) is 2. The zero-order valence-electron chi connectivity index (χ0n) is 17.1. The Kier molecular flexibility index (Phi) is 8.57. The number of guanidine groups is 1. The van der Waals surface area contributed by atoms with Crippen LogP contribution in [0.4, 0.5) is 0 Å². The zero-order chi connectivity index (χ0) is 19.4. The molecule has 0 atom stereocenters. The van der Waals surface area contributed by atoms with Gasteiger partial charge in [-0.1, -0.05) is 12.1 Å². The summed E-state index contributed by atoms with van der Waals surface area (Å²) in [6.45, 7) is 5.64. The van der Waals surface area contributed by atoms with E-state index in [0.29, 0.717) is 11.4 Å². The minimum Gasteiger partial charge on any atom is -0.355 e. The summed E-state index contributed by atoms with van der Waals surface area (Å²) in [5.74, 6) is 1.71. The lowest BCUT2D eigenvalue weighted by atomic mass is 10.1. The van der Waals surface area contributed by atoms with Gasteiger partial charge in [0.05, 0.1) is 4.90 Å². The molecule has 6 nitrogen and oxygen atoms in total. The molecular weight excluding hydrogens is 487 g/mol. The molecule has 1 aromatic rings. The molecule has 2 aliphatic rings. The summed E-state index contributed by atoms with van der Waals surface area (Å²) in [6.07, 6.45) is 6.74. The average Bonchev–Trinajstić information content (AvgIpc) is 3.49. The Labute approximate surface area is 186 Å². The van der Waals surface area contributed by atoms with Gasteiger partial charge in [-0.15, -0.1) is 24.0 Å². The second-order valence-electron chi connectivity index (χ2n) is 7.89. The standard InChI is InChI=1S/C20H32N4O2S.HI/c1-15-12-17(6-9-19(15)27(3,25)26)13-23-20(21-2)22-10-11-24(18-7-8-18)14-16-4-5-16;/h6,9,12,16,18H,4-5,7-8,10-11,13-14H2,1-3H3,(H2,21,22,23);1H. The number of hydrogen-bond acceptors (Lipinski definition) is 4. The second-order valence-corrected chi connectivity index (χ2v) is 9.88. The Hall–Kier alpha value is -0.870. The van der Waals surface area contributed by atoms with Crippen molar-refractivity contribution in [2.24, 2.45) is 10.9 Å². The predicted octanol–water partition coefficient (Wildman–Crippen LogP) is 2.56. The highest BCUT2D eigenvalue weighted by Gasteiger charge is 2.33. The molecule has 0 spiro atoms. The minimum absolute atomic E-state index is 0. The normalized spacial score (nSPS) is 17.4. The molecule has 2 saturated carbocycles. The SMILES string of the molecule is CN=C(NCCN(CC1CC1)C1CC1)NCc1ccc(S(C)(=O)=O)c(C)c1.I. The summed E-state index contributed by atoms with van der Waals surface area (Å²) >= 11 is 0. The van der Waals surface area contributed by atoms with Crippen LogP contribution in [0.2, 0.25) is 0 Å². The third-order valence-electron chi connectivity index (χ3n) is 5.27. The minimum atomic E-state index is -3.17. The molecule has 0 bridgehead atoms. The number of halogens is 1. The average molecular weight is 520 g/mol. The molecule has 0 saturated heterocycles. The quantitative estimate of drug-likeness (QED) is 0.298. The molecule has 28 heavy (non-hydrogen) atoms. The molecule has 2 aliphatic carbocycles. The Balaban J connectivity index is 0.00000280. The Morgan fingerprint density at radius 1 is 1.21 bits per heavy atom. The van der Waals surface area contributed by atoms with Crippen molar-refractivity contribution in [2.45, 2.75) is 50.1 Å². The van der Waals surface area contributed by atoms with Gasteiger partial charge in [-0.25, -0.2) is 8.42 Å². The molecule has 3 rings (SSSR count). The van der Waals surface area contributed by atoms with E-state index in [0.717, 1.165) is 42.1 Å². The highest BCUT2D eigenvalue weighted by atomic mass is 127. The van der Waals surface area contributed by atoms with Crippen molar-refractivity contribution in [3.63, 3.8) is 0 Å². The predicted molar refractivity (Wildman–Crippen MR) is 125 cm³/mol. The van der Waals surface area contributed by atoms with Crippen LogP contribution in [-0.2, 0) is 16.4 Å². The first-order valence-electron chi connectivity index (χ1n) is 9.85. The summed E-state index contributed by atoms with van der Waals surface area (Å²) < 4.78 is 23.4. The summed E-state index contributed by atoms with van der Waals surface area (Å²) in [7, 11) is -1.40. The van der Waals surface area contributed by atoms with Crippen LogP contribution in [0.25, 0.3) is 0 Å². The summed E-state index contributed by atoms with van der Waals surface area (Å²) in [6, 6.07) is 6.26. The van der Waals surface area contributed by atoms with E-state index in [1.807, 2.05) is 19.1 Å². The summed E-state index contributed by atoms with van der Waals surface area (Å²) in [4.78, 5) is 7.32. The second kappa shape index (κ2) is 10.2. The van der Waals surface area contributed by atoms with E-state index in [1.165, 1.54) is 38.5 Å². The van der Waals surface area contributed by atoms with E-state index in [2.05, 4.69) is 20.5 Å². The monoisotopic (exact) mass is 520 g/mol. The topological polar surface area (TPSA) is 73.8 Å². The van der Waals surface area contributed by atoms with Gasteiger partial charge >= 0.3 is 0 Å². The number of aryl methyl sites for hydroxylation is 1. The fraction of sp³-hybridized carbons (Fsp3) is 0.650. The highest BCUT2D eigenvalue weighted by Crippen LogP contribution is 2.34. The molecule has 0 aliphatic heterocycles. The van der Waals surface area contributed by atoms with Crippen LogP contribution in [0.5, 0.6) is 0 Å². The maximum atomic E-state index is 11.7. The first kappa shape index (κ1) is 23.4. The zero-order valence-corrected chi connectivity index (χ0v) is 20.2. The lowest BCUT2D eigenvalue weighted by Crippen LogP contribution is -2.42. The summed E-state index contributed by atoms with van der Waals surface area (Å²) in [5.41, 5.74) is 1.82. The van der Waals surface area contributed by atoms with Crippen LogP contribution < -0.4 is 10.6 Å². The number of hydrogen-bond donors (Lipinski definition) is 2. The van der Waals surface area contributed by atoms with Crippen molar-refractivity contribution < 1.29 is 8.42 Å². The van der Waals surface area contributed by atoms with Crippen LogP contribution >= 0.6 is 24.0 Å². The van der Waals surface area contributed by atoms with E-state index < -0.39 is 9.84 Å². The van der Waals surface area contributed by atoms with E-state index in [9.17, 15) is 8.42 Å². The highest BCUT2D eigenvalue weighted by molar-refractivity contribution is 14.0. The van der Waals surface area contributed by atoms with Crippen LogP contribution in [0.3, 0.4) is 0 Å². The van der Waals surface area contributed by atoms with Crippen molar-refractivity contribution in [1.82, 2.24) is 15.5 Å². The molecule has 2 N–H and O–H groups in total. The first-order valence-corrected chi connectivity index (χ1v) is 11.7. The van der Waals surface area contributed by atoms with Crippen molar-refractivity contribution in [3.8, 4) is 0 Å². The number of nitrogens with zero attached hydrogens (tertiary/aromatic N) is 2. The van der Waals surface area contributed by atoms with Gasteiger partial charge in [0.25, 0.3) is 0 Å². The van der Waals surface area contributed by atoms with Gasteiger partial charge in [0, 0.05) is 45.5 Å². The number of benzene rings is 1. The maximum absolute atomic E-state index is 11.7. The van der Waals surface area contributed by atoms with Crippen molar-refractivity contribution in [3.05, 3.63) is 29.3 Å². The van der Waals surface area contributed by atoms with Crippen LogP contribution in [0.1, 0.15) is 36.8 Å². The third kappa shape index (κ3) is 7.18.